The van der Waals surface area contributed by atoms with Crippen LogP contribution in [0.4, 0.5) is 5.69 Å². The van der Waals surface area contributed by atoms with Crippen LogP contribution in [-0.4, -0.2) is 42.4 Å². The lowest BCUT2D eigenvalue weighted by Crippen LogP contribution is -2.74. The quantitative estimate of drug-likeness (QED) is 0.395. The summed E-state index contributed by atoms with van der Waals surface area (Å²) in [4.78, 5) is 31.0. The molecule has 1 N–H and O–H groups in total. The number of pyridine rings is 1. The molecule has 7 nitrogen and oxygen atoms in total. The molecule has 2 aliphatic rings. The molecule has 0 radical (unpaired) electrons. The summed E-state index contributed by atoms with van der Waals surface area (Å²) >= 11 is 6.62. The molecule has 0 spiro atoms. The van der Waals surface area contributed by atoms with E-state index in [0.29, 0.717) is 27.4 Å². The van der Waals surface area contributed by atoms with Crippen molar-refractivity contribution in [3.63, 3.8) is 0 Å². The van der Waals surface area contributed by atoms with Gasteiger partial charge in [-0.2, -0.15) is 5.26 Å². The number of nitrogens with one attached hydrogen (secondary N) is 1. The van der Waals surface area contributed by atoms with Crippen molar-refractivity contribution in [3.8, 4) is 11.8 Å². The summed E-state index contributed by atoms with van der Waals surface area (Å²) in [5.74, 6) is 0.604. The van der Waals surface area contributed by atoms with Gasteiger partial charge in [0.25, 0.3) is 5.91 Å². The van der Waals surface area contributed by atoms with Crippen molar-refractivity contribution >= 4 is 40.4 Å². The van der Waals surface area contributed by atoms with Crippen molar-refractivity contribution < 1.29 is 14.3 Å². The molecule has 0 bridgehead atoms. The number of halogens is 1. The number of carbonyl (C=O) groups excluding carboxylic acids is 2. The van der Waals surface area contributed by atoms with E-state index in [-0.39, 0.29) is 34.8 Å². The molecule has 39 heavy (non-hydrogen) atoms. The summed E-state index contributed by atoms with van der Waals surface area (Å²) < 4.78 is 6.58. The lowest BCUT2D eigenvalue weighted by Gasteiger charge is -2.63. The molecule has 3 aromatic rings. The third-order valence-electron chi connectivity index (χ3n) is 8.49. The van der Waals surface area contributed by atoms with Crippen molar-refractivity contribution in [2.24, 2.45) is 16.7 Å². The first kappa shape index (κ1) is 27.0. The minimum atomic E-state index is -0.367. The number of rotatable bonds is 6. The first-order valence-corrected chi connectivity index (χ1v) is 13.7. The molecule has 0 atom stereocenters. The summed E-state index contributed by atoms with van der Waals surface area (Å²) in [6.45, 7) is 9.91. The number of nitriles is 1. The maximum Gasteiger partial charge on any atom is 0.251 e. The van der Waals surface area contributed by atoms with E-state index in [2.05, 4.69) is 49.0 Å². The second kappa shape index (κ2) is 10.2. The van der Waals surface area contributed by atoms with Crippen LogP contribution in [0, 0.1) is 28.1 Å². The van der Waals surface area contributed by atoms with E-state index in [1.165, 1.54) is 0 Å². The van der Waals surface area contributed by atoms with E-state index in [9.17, 15) is 14.9 Å². The number of fused-ring (bicyclic) bond motifs is 1. The van der Waals surface area contributed by atoms with E-state index < -0.39 is 0 Å². The van der Waals surface area contributed by atoms with E-state index in [4.69, 9.17) is 16.3 Å². The summed E-state index contributed by atoms with van der Waals surface area (Å²) in [6, 6.07) is 14.8. The number of aromatic nitrogens is 1. The predicted molar refractivity (Wildman–Crippen MR) is 152 cm³/mol. The number of aldehydes is 1. The Hall–Kier alpha value is -3.63. The Balaban J connectivity index is 1.31. The number of hydrogen-bond acceptors (Lipinski definition) is 6. The van der Waals surface area contributed by atoms with Crippen LogP contribution in [0.2, 0.25) is 5.02 Å². The molecule has 1 saturated heterocycles. The van der Waals surface area contributed by atoms with Crippen LogP contribution in [0.1, 0.15) is 56.5 Å². The third-order valence-corrected chi connectivity index (χ3v) is 8.80. The smallest absolute Gasteiger partial charge is 0.251 e. The van der Waals surface area contributed by atoms with Crippen LogP contribution in [-0.2, 0) is 4.79 Å². The summed E-state index contributed by atoms with van der Waals surface area (Å²) in [7, 11) is 0. The van der Waals surface area contributed by atoms with Crippen molar-refractivity contribution in [2.45, 2.75) is 52.7 Å². The van der Waals surface area contributed by atoms with Crippen molar-refractivity contribution in [1.29, 1.82) is 5.26 Å². The van der Waals surface area contributed by atoms with Gasteiger partial charge in [0, 0.05) is 53.0 Å². The van der Waals surface area contributed by atoms with E-state index in [0.717, 1.165) is 43.3 Å². The average molecular weight is 545 g/mol. The fraction of sp³-hybridized carbons (Fsp3) is 0.419. The summed E-state index contributed by atoms with van der Waals surface area (Å²) in [5.41, 5.74) is 1.78. The highest BCUT2D eigenvalue weighted by Crippen LogP contribution is 2.56. The van der Waals surface area contributed by atoms with Gasteiger partial charge in [0.05, 0.1) is 21.8 Å². The second-order valence-electron chi connectivity index (χ2n) is 11.8. The van der Waals surface area contributed by atoms with Gasteiger partial charge in [-0.05, 0) is 55.3 Å². The molecule has 202 valence electrons. The van der Waals surface area contributed by atoms with Gasteiger partial charge in [0.2, 0.25) is 0 Å². The predicted octanol–water partition coefficient (Wildman–Crippen LogP) is 5.79. The van der Waals surface area contributed by atoms with Crippen LogP contribution in [0.15, 0.2) is 48.7 Å². The maximum absolute atomic E-state index is 13.4. The van der Waals surface area contributed by atoms with E-state index in [1.807, 2.05) is 30.3 Å². The molecule has 2 aromatic carbocycles. The van der Waals surface area contributed by atoms with Gasteiger partial charge in [-0.15, -0.1) is 0 Å². The van der Waals surface area contributed by atoms with Gasteiger partial charge in [0.15, 0.2) is 0 Å². The lowest BCUT2D eigenvalue weighted by atomic mass is 9.49. The Kier molecular flexibility index (Phi) is 7.02. The number of ether oxygens (including phenoxy) is 1. The average Bonchev–Trinajstić information content (AvgIpc) is 2.94. The lowest BCUT2D eigenvalue weighted by molar-refractivity contribution is -0.163. The molecular weight excluding hydrogens is 512 g/mol. The zero-order chi connectivity index (χ0) is 27.9. The Labute approximate surface area is 234 Å². The van der Waals surface area contributed by atoms with Crippen LogP contribution in [0.5, 0.6) is 5.75 Å². The monoisotopic (exact) mass is 544 g/mol. The molecule has 1 aliphatic carbocycles. The molecule has 1 amide bonds. The SMILES string of the molecule is CC1(C)C(NC(=O)c2ccc(N3CCC(C=O)CC3)c(Cl)c2)C(C)(C)C1Oc1ccc(C#N)c2ncccc12. The number of anilines is 1. The minimum absolute atomic E-state index is 0.111. The van der Waals surface area contributed by atoms with Crippen LogP contribution < -0.4 is 15.0 Å². The van der Waals surface area contributed by atoms with Gasteiger partial charge >= 0.3 is 0 Å². The zero-order valence-corrected chi connectivity index (χ0v) is 23.5. The normalized spacial score (nSPS) is 22.0. The molecule has 1 saturated carbocycles. The Morgan fingerprint density at radius 1 is 1.15 bits per heavy atom. The Morgan fingerprint density at radius 2 is 1.87 bits per heavy atom. The van der Waals surface area contributed by atoms with Crippen molar-refractivity contribution in [2.75, 3.05) is 18.0 Å². The second-order valence-corrected chi connectivity index (χ2v) is 12.2. The van der Waals surface area contributed by atoms with Crippen LogP contribution >= 0.6 is 11.6 Å². The molecule has 0 unspecified atom stereocenters. The molecule has 8 heteroatoms. The van der Waals surface area contributed by atoms with Gasteiger partial charge in [0.1, 0.15) is 24.2 Å². The Bertz CT molecular complexity index is 1450. The number of carbonyl (C=O) groups is 2. The highest BCUT2D eigenvalue weighted by atomic mass is 35.5. The van der Waals surface area contributed by atoms with Gasteiger partial charge < -0.3 is 19.7 Å². The first-order chi connectivity index (χ1) is 18.6. The molecular formula is C31H33ClN4O3. The Morgan fingerprint density at radius 3 is 2.51 bits per heavy atom. The standard InChI is InChI=1S/C31H33ClN4O3/c1-30(2)28(31(3,4)29(30)39-25-10-8-21(17-33)26-22(25)6-5-13-34-26)35-27(38)20-7-9-24(23(32)16-20)36-14-11-19(18-37)12-15-36/h5-10,13,16,18-19,28-29H,11-12,14-15H2,1-4H3,(H,35,38). The van der Waals surface area contributed by atoms with E-state index >= 15 is 0 Å². The van der Waals surface area contributed by atoms with Crippen LogP contribution in [0.25, 0.3) is 10.9 Å². The van der Waals surface area contributed by atoms with Crippen LogP contribution in [0.3, 0.4) is 0 Å². The minimum Gasteiger partial charge on any atom is -0.488 e. The molecule has 1 aromatic heterocycles. The highest BCUT2D eigenvalue weighted by molar-refractivity contribution is 6.33. The summed E-state index contributed by atoms with van der Waals surface area (Å²) in [6.07, 6.45) is 4.14. The van der Waals surface area contributed by atoms with Gasteiger partial charge in [-0.1, -0.05) is 39.3 Å². The number of amides is 1. The highest BCUT2D eigenvalue weighted by Gasteiger charge is 2.64. The third kappa shape index (κ3) is 4.72. The molecule has 2 fully saturated rings. The first-order valence-electron chi connectivity index (χ1n) is 13.3. The number of benzene rings is 2. The fourth-order valence-electron chi connectivity index (χ4n) is 6.66. The molecule has 2 heterocycles. The van der Waals surface area contributed by atoms with E-state index in [1.54, 1.807) is 18.3 Å². The van der Waals surface area contributed by atoms with Crippen molar-refractivity contribution in [3.05, 3.63) is 64.8 Å². The number of nitrogens with zero attached hydrogens (tertiary/aromatic N) is 3. The zero-order valence-electron chi connectivity index (χ0n) is 22.7. The molecule has 5 rings (SSSR count). The number of piperidine rings is 1. The van der Waals surface area contributed by atoms with Gasteiger partial charge in [-0.25, -0.2) is 0 Å². The summed E-state index contributed by atoms with van der Waals surface area (Å²) in [5, 5.41) is 14.0. The fourth-order valence-corrected chi connectivity index (χ4v) is 6.96. The largest absolute Gasteiger partial charge is 0.488 e. The topological polar surface area (TPSA) is 95.3 Å². The number of hydrogen-bond donors (Lipinski definition) is 1. The van der Waals surface area contributed by atoms with Crippen molar-refractivity contribution in [1.82, 2.24) is 10.3 Å². The van der Waals surface area contributed by atoms with Gasteiger partial charge in [-0.3, -0.25) is 9.78 Å². The molecule has 1 aliphatic heterocycles. The maximum atomic E-state index is 13.4.